The largest absolute Gasteiger partial charge is 0.507 e. The molecule has 176 valence electrons. The first-order valence-electron chi connectivity index (χ1n) is 11.0. The molecule has 1 saturated heterocycles. The zero-order valence-electron chi connectivity index (χ0n) is 19.0. The molecule has 35 heavy (non-hydrogen) atoms. The van der Waals surface area contributed by atoms with Crippen LogP contribution in [0.25, 0.3) is 16.0 Å². The average Bonchev–Trinajstić information content (AvgIpc) is 3.37. The Hall–Kier alpha value is -4.04. The Balaban J connectivity index is 1.68. The highest BCUT2D eigenvalue weighted by molar-refractivity contribution is 7.22. The van der Waals surface area contributed by atoms with Gasteiger partial charge in [-0.1, -0.05) is 29.5 Å². The second-order valence-corrected chi connectivity index (χ2v) is 9.15. The molecule has 3 aromatic carbocycles. The van der Waals surface area contributed by atoms with E-state index in [4.69, 9.17) is 4.74 Å². The van der Waals surface area contributed by atoms with Crippen LogP contribution in [0.3, 0.4) is 0 Å². The van der Waals surface area contributed by atoms with Crippen molar-refractivity contribution >= 4 is 44.1 Å². The number of ether oxygens (including phenoxy) is 1. The molecule has 1 fully saturated rings. The number of anilines is 1. The predicted octanol–water partition coefficient (Wildman–Crippen LogP) is 5.77. The molecule has 4 aromatic rings. The molecule has 1 aliphatic rings. The van der Waals surface area contributed by atoms with E-state index >= 15 is 0 Å². The van der Waals surface area contributed by atoms with Gasteiger partial charge in [0.2, 0.25) is 0 Å². The Bertz CT molecular complexity index is 1480. The summed E-state index contributed by atoms with van der Waals surface area (Å²) in [6, 6.07) is 16.9. The van der Waals surface area contributed by atoms with Crippen LogP contribution in [-0.4, -0.2) is 28.4 Å². The van der Waals surface area contributed by atoms with Crippen LogP contribution in [-0.2, 0) is 9.59 Å². The van der Waals surface area contributed by atoms with Crippen LogP contribution < -0.4 is 9.64 Å². The maximum absolute atomic E-state index is 13.7. The van der Waals surface area contributed by atoms with Crippen LogP contribution in [0.2, 0.25) is 0 Å². The third kappa shape index (κ3) is 4.06. The van der Waals surface area contributed by atoms with Crippen molar-refractivity contribution in [2.75, 3.05) is 11.5 Å². The van der Waals surface area contributed by atoms with Crippen LogP contribution in [0.5, 0.6) is 5.75 Å². The lowest BCUT2D eigenvalue weighted by Gasteiger charge is -2.23. The fourth-order valence-corrected chi connectivity index (χ4v) is 5.23. The average molecular weight is 489 g/mol. The molecule has 1 aliphatic heterocycles. The summed E-state index contributed by atoms with van der Waals surface area (Å²) in [5.41, 5.74) is 2.50. The van der Waals surface area contributed by atoms with Crippen molar-refractivity contribution in [2.45, 2.75) is 19.9 Å². The summed E-state index contributed by atoms with van der Waals surface area (Å²) in [6.45, 7) is 4.31. The topological polar surface area (TPSA) is 79.7 Å². The molecule has 2 heterocycles. The number of aryl methyl sites for hydroxylation is 1. The van der Waals surface area contributed by atoms with E-state index in [0.29, 0.717) is 34.1 Å². The Labute approximate surface area is 204 Å². The van der Waals surface area contributed by atoms with E-state index in [1.54, 1.807) is 24.3 Å². The summed E-state index contributed by atoms with van der Waals surface area (Å²) in [7, 11) is 0. The molecular weight excluding hydrogens is 467 g/mol. The molecule has 1 atom stereocenters. The lowest BCUT2D eigenvalue weighted by molar-refractivity contribution is -0.132. The molecule has 0 aliphatic carbocycles. The minimum atomic E-state index is -0.969. The number of hydrogen-bond donors (Lipinski definition) is 1. The number of benzene rings is 3. The van der Waals surface area contributed by atoms with E-state index in [2.05, 4.69) is 4.98 Å². The molecule has 1 aromatic heterocycles. The molecular formula is C27H21FN2O4S. The Morgan fingerprint density at radius 1 is 1.09 bits per heavy atom. The standard InChI is InChI=1S/C27H21FN2O4S/c1-3-34-19-11-7-17(8-12-19)24(31)22-23(16-5-9-18(28)10-6-16)30(26(33)25(22)32)27-29-20-13-4-15(2)14-21(20)35-27/h4-14,23,31H,3H2,1-2H3/b24-22+/t23-/m0/s1. The van der Waals surface area contributed by atoms with Gasteiger partial charge >= 0.3 is 5.91 Å². The number of halogens is 1. The lowest BCUT2D eigenvalue weighted by atomic mass is 9.95. The molecule has 8 heteroatoms. The first kappa shape index (κ1) is 22.7. The minimum Gasteiger partial charge on any atom is -0.507 e. The number of nitrogens with zero attached hydrogens (tertiary/aromatic N) is 2. The van der Waals surface area contributed by atoms with Crippen molar-refractivity contribution in [1.82, 2.24) is 4.98 Å². The number of hydrogen-bond acceptors (Lipinski definition) is 6. The zero-order chi connectivity index (χ0) is 24.7. The van der Waals surface area contributed by atoms with Gasteiger partial charge in [0.15, 0.2) is 5.13 Å². The molecule has 1 N–H and O–H groups in total. The summed E-state index contributed by atoms with van der Waals surface area (Å²) in [4.78, 5) is 32.4. The normalized spacial score (nSPS) is 17.3. The number of rotatable bonds is 5. The fraction of sp³-hybridized carbons (Fsp3) is 0.148. The molecule has 1 amide bonds. The van der Waals surface area contributed by atoms with E-state index in [1.807, 2.05) is 32.0 Å². The van der Waals surface area contributed by atoms with Crippen molar-refractivity contribution in [1.29, 1.82) is 0 Å². The monoisotopic (exact) mass is 488 g/mol. The highest BCUT2D eigenvalue weighted by atomic mass is 32.1. The highest BCUT2D eigenvalue weighted by Crippen LogP contribution is 2.44. The summed E-state index contributed by atoms with van der Waals surface area (Å²) in [5, 5.41) is 11.5. The van der Waals surface area contributed by atoms with Gasteiger partial charge in [-0.05, 0) is 73.5 Å². The smallest absolute Gasteiger partial charge is 0.301 e. The number of fused-ring (bicyclic) bond motifs is 1. The third-order valence-corrected chi connectivity index (χ3v) is 6.83. The summed E-state index contributed by atoms with van der Waals surface area (Å²) < 4.78 is 20.0. The lowest BCUT2D eigenvalue weighted by Crippen LogP contribution is -2.29. The first-order valence-corrected chi connectivity index (χ1v) is 11.9. The molecule has 5 rings (SSSR count). The fourth-order valence-electron chi connectivity index (χ4n) is 4.14. The Kier molecular flexibility index (Phi) is 5.82. The number of carbonyl (C=O) groups is 2. The number of ketones is 1. The van der Waals surface area contributed by atoms with Crippen molar-refractivity contribution in [3.63, 3.8) is 0 Å². The van der Waals surface area contributed by atoms with Crippen LogP contribution in [0, 0.1) is 12.7 Å². The van der Waals surface area contributed by atoms with Crippen molar-refractivity contribution in [2.24, 2.45) is 0 Å². The van der Waals surface area contributed by atoms with Gasteiger partial charge in [0.25, 0.3) is 5.78 Å². The molecule has 0 radical (unpaired) electrons. The minimum absolute atomic E-state index is 0.0822. The van der Waals surface area contributed by atoms with Crippen LogP contribution in [0.4, 0.5) is 9.52 Å². The van der Waals surface area contributed by atoms with Crippen LogP contribution >= 0.6 is 11.3 Å². The molecule has 0 bridgehead atoms. The van der Waals surface area contributed by atoms with E-state index in [0.717, 1.165) is 10.3 Å². The molecule has 0 unspecified atom stereocenters. The van der Waals surface area contributed by atoms with Gasteiger partial charge in [-0.25, -0.2) is 9.37 Å². The number of aliphatic hydroxyl groups is 1. The van der Waals surface area contributed by atoms with Crippen molar-refractivity contribution < 1.29 is 23.8 Å². The number of aromatic nitrogens is 1. The summed E-state index contributed by atoms with van der Waals surface area (Å²) in [5.74, 6) is -1.79. The highest BCUT2D eigenvalue weighted by Gasteiger charge is 2.48. The van der Waals surface area contributed by atoms with Crippen molar-refractivity contribution in [3.8, 4) is 5.75 Å². The number of Topliss-reactive ketones (excluding diaryl/α,β-unsaturated/α-hetero) is 1. The van der Waals surface area contributed by atoms with Gasteiger partial charge in [0.05, 0.1) is 28.4 Å². The SMILES string of the molecule is CCOc1ccc(/C(O)=C2\C(=O)C(=O)N(c3nc4ccc(C)cc4s3)[C@H]2c2ccc(F)cc2)cc1. The molecule has 0 saturated carbocycles. The summed E-state index contributed by atoms with van der Waals surface area (Å²) in [6.07, 6.45) is 0. The third-order valence-electron chi connectivity index (χ3n) is 5.81. The zero-order valence-corrected chi connectivity index (χ0v) is 19.8. The van der Waals surface area contributed by atoms with Gasteiger partial charge in [-0.15, -0.1) is 0 Å². The first-order chi connectivity index (χ1) is 16.9. The number of carbonyl (C=O) groups excluding carboxylic acids is 2. The van der Waals surface area contributed by atoms with Gasteiger partial charge in [-0.3, -0.25) is 14.5 Å². The van der Waals surface area contributed by atoms with Gasteiger partial charge in [0, 0.05) is 5.56 Å². The Morgan fingerprint density at radius 2 is 1.80 bits per heavy atom. The van der Waals surface area contributed by atoms with E-state index in [-0.39, 0.29) is 11.3 Å². The summed E-state index contributed by atoms with van der Waals surface area (Å²) >= 11 is 1.28. The maximum Gasteiger partial charge on any atom is 0.301 e. The number of amides is 1. The second-order valence-electron chi connectivity index (χ2n) is 8.15. The van der Waals surface area contributed by atoms with Gasteiger partial charge in [-0.2, -0.15) is 0 Å². The van der Waals surface area contributed by atoms with Crippen molar-refractivity contribution in [3.05, 3.63) is 94.8 Å². The van der Waals surface area contributed by atoms with Crippen LogP contribution in [0.1, 0.15) is 29.7 Å². The quantitative estimate of drug-likeness (QED) is 0.219. The second kappa shape index (κ2) is 8.96. The van der Waals surface area contributed by atoms with E-state index in [1.165, 1.54) is 40.5 Å². The Morgan fingerprint density at radius 3 is 2.49 bits per heavy atom. The number of thiazole rings is 1. The van der Waals surface area contributed by atoms with Gasteiger partial charge < -0.3 is 9.84 Å². The van der Waals surface area contributed by atoms with Gasteiger partial charge in [0.1, 0.15) is 17.3 Å². The molecule has 6 nitrogen and oxygen atoms in total. The number of aliphatic hydroxyl groups excluding tert-OH is 1. The predicted molar refractivity (Wildman–Crippen MR) is 133 cm³/mol. The maximum atomic E-state index is 13.7. The van der Waals surface area contributed by atoms with E-state index in [9.17, 15) is 19.1 Å². The molecule has 0 spiro atoms. The van der Waals surface area contributed by atoms with Crippen LogP contribution in [0.15, 0.2) is 72.3 Å². The van der Waals surface area contributed by atoms with E-state index < -0.39 is 23.5 Å².